The molecule has 2 amide bonds. The Hall–Kier alpha value is -1.88. The lowest BCUT2D eigenvalue weighted by atomic mass is 9.83. The van der Waals surface area contributed by atoms with Gasteiger partial charge in [0.05, 0.1) is 6.61 Å². The summed E-state index contributed by atoms with van der Waals surface area (Å²) in [5.74, 6) is 0.672. The molecule has 1 aromatic carbocycles. The van der Waals surface area contributed by atoms with Gasteiger partial charge in [0.1, 0.15) is 11.8 Å². The van der Waals surface area contributed by atoms with Crippen LogP contribution in [0.3, 0.4) is 0 Å². The molecule has 1 N–H and O–H groups in total. The van der Waals surface area contributed by atoms with Gasteiger partial charge in [-0.3, -0.25) is 14.5 Å². The molecule has 1 aliphatic heterocycles. The highest BCUT2D eigenvalue weighted by molar-refractivity contribution is 5.89. The summed E-state index contributed by atoms with van der Waals surface area (Å²) in [5.41, 5.74) is 0.448. The largest absolute Gasteiger partial charge is 0.353 e. The van der Waals surface area contributed by atoms with Gasteiger partial charge in [-0.2, -0.15) is 0 Å². The number of ether oxygens (including phenoxy) is 1. The van der Waals surface area contributed by atoms with Gasteiger partial charge >= 0.3 is 0 Å². The van der Waals surface area contributed by atoms with Crippen LogP contribution in [0.4, 0.5) is 0 Å². The molecule has 1 saturated carbocycles. The van der Waals surface area contributed by atoms with Crippen LogP contribution in [0.2, 0.25) is 0 Å². The van der Waals surface area contributed by atoms with E-state index in [0.717, 1.165) is 31.2 Å². The van der Waals surface area contributed by atoms with Gasteiger partial charge in [0.15, 0.2) is 0 Å². The molecule has 27 heavy (non-hydrogen) atoms. The molecule has 1 spiro atoms. The van der Waals surface area contributed by atoms with Crippen LogP contribution in [0, 0.1) is 11.8 Å². The smallest absolute Gasteiger partial charge is 0.245 e. The second-order valence-electron chi connectivity index (χ2n) is 8.54. The summed E-state index contributed by atoms with van der Waals surface area (Å²) >= 11 is 0. The molecule has 3 rings (SSSR count). The van der Waals surface area contributed by atoms with Crippen LogP contribution in [0.1, 0.15) is 58.4 Å². The third kappa shape index (κ3) is 4.52. The van der Waals surface area contributed by atoms with Crippen LogP contribution in [-0.4, -0.2) is 35.1 Å². The van der Waals surface area contributed by atoms with Crippen LogP contribution in [-0.2, 0) is 20.9 Å². The van der Waals surface area contributed by atoms with Crippen molar-refractivity contribution >= 4 is 11.8 Å². The molecular weight excluding hydrogens is 340 g/mol. The fourth-order valence-corrected chi connectivity index (χ4v) is 4.43. The van der Waals surface area contributed by atoms with Crippen molar-refractivity contribution in [2.24, 2.45) is 11.8 Å². The van der Waals surface area contributed by atoms with Crippen LogP contribution >= 0.6 is 0 Å². The van der Waals surface area contributed by atoms with Crippen LogP contribution in [0.15, 0.2) is 30.3 Å². The van der Waals surface area contributed by atoms with Crippen molar-refractivity contribution in [2.75, 3.05) is 6.61 Å². The minimum atomic E-state index is -0.599. The molecule has 3 atom stereocenters. The number of carbonyl (C=O) groups excluding carboxylic acids is 2. The van der Waals surface area contributed by atoms with Crippen LogP contribution in [0.25, 0.3) is 0 Å². The number of amides is 2. The molecule has 0 aromatic heterocycles. The first-order valence-electron chi connectivity index (χ1n) is 10.2. The maximum absolute atomic E-state index is 13.1. The first-order chi connectivity index (χ1) is 12.9. The quantitative estimate of drug-likeness (QED) is 0.861. The SMILES string of the molecule is CC(C)CC(=O)N1[C@H](C(=O)NCc2ccccc2)CO[C@]12CCC[C@H](C)C2. The summed E-state index contributed by atoms with van der Waals surface area (Å²) in [6.07, 6.45) is 4.28. The lowest BCUT2D eigenvalue weighted by Gasteiger charge is -2.43. The zero-order chi connectivity index (χ0) is 19.4. The average molecular weight is 373 g/mol. The number of hydrogen-bond acceptors (Lipinski definition) is 3. The Morgan fingerprint density at radius 1 is 1.30 bits per heavy atom. The van der Waals surface area contributed by atoms with E-state index in [4.69, 9.17) is 4.74 Å². The Balaban J connectivity index is 1.76. The molecule has 1 aliphatic carbocycles. The molecule has 5 heteroatoms. The van der Waals surface area contributed by atoms with Crippen LogP contribution < -0.4 is 5.32 Å². The fourth-order valence-electron chi connectivity index (χ4n) is 4.43. The van der Waals surface area contributed by atoms with E-state index < -0.39 is 11.8 Å². The number of nitrogens with zero attached hydrogens (tertiary/aromatic N) is 1. The maximum atomic E-state index is 13.1. The lowest BCUT2D eigenvalue weighted by Crippen LogP contribution is -2.57. The van der Waals surface area contributed by atoms with E-state index in [2.05, 4.69) is 12.2 Å². The molecule has 5 nitrogen and oxygen atoms in total. The van der Waals surface area contributed by atoms with Crippen molar-refractivity contribution in [3.05, 3.63) is 35.9 Å². The Morgan fingerprint density at radius 2 is 2.04 bits per heavy atom. The summed E-state index contributed by atoms with van der Waals surface area (Å²) in [5, 5.41) is 3.00. The monoisotopic (exact) mass is 372 g/mol. The van der Waals surface area contributed by atoms with Crippen LogP contribution in [0.5, 0.6) is 0 Å². The highest BCUT2D eigenvalue weighted by Gasteiger charge is 2.53. The number of nitrogens with one attached hydrogen (secondary N) is 1. The summed E-state index contributed by atoms with van der Waals surface area (Å²) in [4.78, 5) is 27.8. The van der Waals surface area contributed by atoms with Crippen molar-refractivity contribution in [1.82, 2.24) is 10.2 Å². The van der Waals surface area contributed by atoms with Gasteiger partial charge in [0.25, 0.3) is 0 Å². The molecule has 2 aliphatic rings. The lowest BCUT2D eigenvalue weighted by molar-refractivity contribution is -0.163. The Morgan fingerprint density at radius 3 is 2.70 bits per heavy atom. The highest BCUT2D eigenvalue weighted by atomic mass is 16.5. The molecule has 148 valence electrons. The number of benzene rings is 1. The molecule has 1 saturated heterocycles. The van der Waals surface area contributed by atoms with Crippen molar-refractivity contribution in [3.63, 3.8) is 0 Å². The van der Waals surface area contributed by atoms with Crippen molar-refractivity contribution < 1.29 is 14.3 Å². The van der Waals surface area contributed by atoms with E-state index in [1.807, 2.05) is 44.2 Å². The minimum absolute atomic E-state index is 0.0384. The van der Waals surface area contributed by atoms with Gasteiger partial charge in [0.2, 0.25) is 11.8 Å². The van der Waals surface area contributed by atoms with Gasteiger partial charge in [-0.15, -0.1) is 0 Å². The summed E-state index contributed by atoms with van der Waals surface area (Å²) in [6.45, 7) is 7.03. The summed E-state index contributed by atoms with van der Waals surface area (Å²) in [6, 6.07) is 9.30. The van der Waals surface area contributed by atoms with E-state index in [0.29, 0.717) is 18.9 Å². The second-order valence-corrected chi connectivity index (χ2v) is 8.54. The van der Waals surface area contributed by atoms with Gasteiger partial charge in [-0.25, -0.2) is 0 Å². The Kier molecular flexibility index (Phi) is 6.20. The normalized spacial score (nSPS) is 27.9. The van der Waals surface area contributed by atoms with E-state index >= 15 is 0 Å². The molecule has 1 aromatic rings. The van der Waals surface area contributed by atoms with E-state index in [9.17, 15) is 9.59 Å². The average Bonchev–Trinajstić information content (AvgIpc) is 2.98. The van der Waals surface area contributed by atoms with E-state index in [1.165, 1.54) is 0 Å². The van der Waals surface area contributed by atoms with Gasteiger partial charge in [-0.1, -0.05) is 57.5 Å². The Labute approximate surface area is 162 Å². The molecule has 0 bridgehead atoms. The first kappa shape index (κ1) is 19.9. The van der Waals surface area contributed by atoms with Crippen molar-refractivity contribution in [1.29, 1.82) is 0 Å². The van der Waals surface area contributed by atoms with Crippen molar-refractivity contribution in [3.8, 4) is 0 Å². The number of hydrogen-bond donors (Lipinski definition) is 1. The van der Waals surface area contributed by atoms with Gasteiger partial charge in [0, 0.05) is 13.0 Å². The third-order valence-corrected chi connectivity index (χ3v) is 5.66. The zero-order valence-electron chi connectivity index (χ0n) is 16.7. The predicted octanol–water partition coefficient (Wildman–Crippen LogP) is 3.48. The zero-order valence-corrected chi connectivity index (χ0v) is 16.7. The summed E-state index contributed by atoms with van der Waals surface area (Å²) in [7, 11) is 0. The van der Waals surface area contributed by atoms with Gasteiger partial charge in [-0.05, 0) is 36.7 Å². The Bertz CT molecular complexity index is 661. The first-order valence-corrected chi connectivity index (χ1v) is 10.2. The number of rotatable bonds is 5. The third-order valence-electron chi connectivity index (χ3n) is 5.66. The topological polar surface area (TPSA) is 58.6 Å². The van der Waals surface area contributed by atoms with E-state index in [1.54, 1.807) is 4.90 Å². The molecular formula is C22H32N2O3. The molecule has 0 unspecified atom stereocenters. The summed E-state index contributed by atoms with van der Waals surface area (Å²) < 4.78 is 6.20. The second kappa shape index (κ2) is 8.42. The van der Waals surface area contributed by atoms with Gasteiger partial charge < -0.3 is 10.1 Å². The molecule has 0 radical (unpaired) electrons. The molecule has 1 heterocycles. The maximum Gasteiger partial charge on any atom is 0.245 e. The fraction of sp³-hybridized carbons (Fsp3) is 0.636. The van der Waals surface area contributed by atoms with Crippen molar-refractivity contribution in [2.45, 2.75) is 71.2 Å². The highest BCUT2D eigenvalue weighted by Crippen LogP contribution is 2.43. The predicted molar refractivity (Wildman–Crippen MR) is 105 cm³/mol. The van der Waals surface area contributed by atoms with E-state index in [-0.39, 0.29) is 24.3 Å². The molecule has 2 fully saturated rings. The number of carbonyl (C=O) groups is 2. The minimum Gasteiger partial charge on any atom is -0.353 e. The standard InChI is InChI=1S/C22H32N2O3/c1-16(2)12-20(25)24-19(15-27-22(24)11-7-8-17(3)13-22)21(26)23-14-18-9-5-4-6-10-18/h4-6,9-10,16-17,19H,7-8,11-15H2,1-3H3,(H,23,26)/t17-,19-,22-/m0/s1.